The molecule has 1 atom stereocenters. The van der Waals surface area contributed by atoms with E-state index in [1.807, 2.05) is 17.9 Å². The normalized spacial score (nSPS) is 17.9. The summed E-state index contributed by atoms with van der Waals surface area (Å²) >= 11 is 0. The van der Waals surface area contributed by atoms with Crippen LogP contribution in [0.5, 0.6) is 0 Å². The van der Waals surface area contributed by atoms with E-state index >= 15 is 0 Å². The lowest BCUT2D eigenvalue weighted by Crippen LogP contribution is -2.46. The van der Waals surface area contributed by atoms with Crippen LogP contribution in [0.4, 0.5) is 17.1 Å². The molecule has 43 heavy (non-hydrogen) atoms. The van der Waals surface area contributed by atoms with Crippen LogP contribution in [0.1, 0.15) is 15.9 Å². The van der Waals surface area contributed by atoms with Crippen molar-refractivity contribution in [3.05, 3.63) is 57.6 Å². The lowest BCUT2D eigenvalue weighted by Gasteiger charge is -2.33. The molecule has 0 aromatic heterocycles. The summed E-state index contributed by atoms with van der Waals surface area (Å²) in [5, 5.41) is 18.2. The zero-order chi connectivity index (χ0) is 30.8. The van der Waals surface area contributed by atoms with E-state index < -0.39 is 26.5 Å². The van der Waals surface area contributed by atoms with Gasteiger partial charge in [-0.3, -0.25) is 19.8 Å². The molecule has 0 aliphatic carbocycles. The summed E-state index contributed by atoms with van der Waals surface area (Å²) in [5.41, 5.74) is 1.47. The summed E-state index contributed by atoms with van der Waals surface area (Å²) < 4.78 is 44.9. The van der Waals surface area contributed by atoms with Crippen LogP contribution in [0.3, 0.4) is 0 Å². The van der Waals surface area contributed by atoms with Crippen LogP contribution in [0.2, 0.25) is 0 Å². The first-order valence-electron chi connectivity index (χ1n) is 14.2. The fraction of sp³-hybridized carbons (Fsp3) is 0.536. The molecule has 1 amide bonds. The van der Waals surface area contributed by atoms with Crippen molar-refractivity contribution in [1.29, 1.82) is 0 Å². The van der Waals surface area contributed by atoms with Crippen molar-refractivity contribution in [2.24, 2.45) is 0 Å². The topological polar surface area (TPSA) is 165 Å². The number of ether oxygens (including phenoxy) is 3. The van der Waals surface area contributed by atoms with Crippen molar-refractivity contribution in [3.63, 3.8) is 0 Å². The van der Waals surface area contributed by atoms with E-state index in [0.717, 1.165) is 37.8 Å². The summed E-state index contributed by atoms with van der Waals surface area (Å²) in [6.07, 6.45) is -0.228. The molecule has 0 bridgehead atoms. The molecule has 2 aromatic carbocycles. The average molecular weight is 621 g/mol. The molecule has 4 rings (SSSR count). The highest BCUT2D eigenvalue weighted by molar-refractivity contribution is 7.90. The molecule has 2 aliphatic rings. The van der Waals surface area contributed by atoms with Crippen molar-refractivity contribution in [2.75, 3.05) is 96.1 Å². The van der Waals surface area contributed by atoms with Crippen LogP contribution >= 0.6 is 0 Å². The number of nitrogens with one attached hydrogen (secondary N) is 3. The number of sulfonamides is 1. The third-order valence-corrected chi connectivity index (χ3v) is 8.67. The highest BCUT2D eigenvalue weighted by Crippen LogP contribution is 2.29. The monoisotopic (exact) mass is 620 g/mol. The number of carbonyl (C=O) groups excluding carboxylic acids is 1. The third-order valence-electron chi connectivity index (χ3n) is 7.35. The van der Waals surface area contributed by atoms with Crippen LogP contribution in [0.15, 0.2) is 41.3 Å². The Morgan fingerprint density at radius 1 is 1.16 bits per heavy atom. The Hall–Kier alpha value is -3.34. The van der Waals surface area contributed by atoms with E-state index in [-0.39, 0.29) is 28.8 Å². The maximum atomic E-state index is 13.2. The molecule has 0 unspecified atom stereocenters. The molecule has 15 heteroatoms. The number of rotatable bonds is 14. The second kappa shape index (κ2) is 15.4. The minimum absolute atomic E-state index is 0.151. The minimum Gasteiger partial charge on any atom is -0.382 e. The molecule has 0 saturated carbocycles. The van der Waals surface area contributed by atoms with Crippen LogP contribution < -0.4 is 20.3 Å². The summed E-state index contributed by atoms with van der Waals surface area (Å²) in [6.45, 7) is 9.20. The van der Waals surface area contributed by atoms with Gasteiger partial charge in [-0.05, 0) is 30.7 Å². The van der Waals surface area contributed by atoms with E-state index in [1.165, 1.54) is 12.1 Å². The standard InChI is InChI=1S/C28H40N6O8S/c1-21-4-3-5-24(27(21)33-10-8-29-9-11-33)28(35)31-43(38,39)23-6-7-25(26(18-23)34(36)37)30-19-22-20-32(13-15-42-22)12-14-41-17-16-40-2/h3-7,18,22,29-30H,8-17,19-20H2,1-2H3,(H,31,35)/t22-/m1/s1. The second-order valence-corrected chi connectivity index (χ2v) is 12.0. The number of nitro benzene ring substituents is 1. The largest absolute Gasteiger partial charge is 0.382 e. The summed E-state index contributed by atoms with van der Waals surface area (Å²) in [7, 11) is -2.79. The maximum Gasteiger partial charge on any atom is 0.293 e. The fourth-order valence-corrected chi connectivity index (χ4v) is 6.12. The van der Waals surface area contributed by atoms with E-state index in [2.05, 4.69) is 20.3 Å². The molecule has 2 aromatic rings. The summed E-state index contributed by atoms with van der Waals surface area (Å²) in [6, 6.07) is 8.67. The predicted octanol–water partition coefficient (Wildman–Crippen LogP) is 1.21. The Morgan fingerprint density at radius 2 is 1.95 bits per heavy atom. The van der Waals surface area contributed by atoms with Gasteiger partial charge < -0.3 is 29.7 Å². The fourth-order valence-electron chi connectivity index (χ4n) is 5.13. The first-order valence-corrected chi connectivity index (χ1v) is 15.7. The van der Waals surface area contributed by atoms with Crippen molar-refractivity contribution in [2.45, 2.75) is 17.9 Å². The number of morpholine rings is 1. The van der Waals surface area contributed by atoms with Gasteiger partial charge >= 0.3 is 0 Å². The number of benzene rings is 2. The number of anilines is 2. The number of para-hydroxylation sites is 1. The number of nitrogens with zero attached hydrogens (tertiary/aromatic N) is 3. The van der Waals surface area contributed by atoms with Gasteiger partial charge in [-0.2, -0.15) is 0 Å². The third kappa shape index (κ3) is 8.84. The highest BCUT2D eigenvalue weighted by atomic mass is 32.2. The Morgan fingerprint density at radius 3 is 2.70 bits per heavy atom. The van der Waals surface area contributed by atoms with E-state index in [1.54, 1.807) is 19.2 Å². The van der Waals surface area contributed by atoms with E-state index in [0.29, 0.717) is 51.7 Å². The molecule has 236 valence electrons. The number of carbonyl (C=O) groups is 1. The van der Waals surface area contributed by atoms with E-state index in [4.69, 9.17) is 14.2 Å². The Labute approximate surface area is 251 Å². The first kappa shape index (κ1) is 32.6. The van der Waals surface area contributed by atoms with Gasteiger partial charge in [-0.15, -0.1) is 0 Å². The molecule has 0 spiro atoms. The lowest BCUT2D eigenvalue weighted by molar-refractivity contribution is -0.384. The highest BCUT2D eigenvalue weighted by Gasteiger charge is 2.27. The van der Waals surface area contributed by atoms with Gasteiger partial charge in [0.25, 0.3) is 21.6 Å². The van der Waals surface area contributed by atoms with E-state index in [9.17, 15) is 23.3 Å². The number of hydrogen-bond donors (Lipinski definition) is 3. The SMILES string of the molecule is COCCOCCN1CCO[C@H](CNc2ccc(S(=O)(=O)NC(=O)c3cccc(C)c3N3CCNCC3)cc2[N+](=O)[O-])C1. The second-order valence-electron chi connectivity index (χ2n) is 10.4. The van der Waals surface area contributed by atoms with Gasteiger partial charge in [0.2, 0.25) is 0 Å². The predicted molar refractivity (Wildman–Crippen MR) is 161 cm³/mol. The minimum atomic E-state index is -4.41. The summed E-state index contributed by atoms with van der Waals surface area (Å²) in [4.78, 5) is 28.3. The van der Waals surface area contributed by atoms with Crippen molar-refractivity contribution < 1.29 is 32.3 Å². The van der Waals surface area contributed by atoms with Gasteiger partial charge in [0, 0.05) is 65.5 Å². The zero-order valence-corrected chi connectivity index (χ0v) is 25.4. The number of piperazine rings is 1. The van der Waals surface area contributed by atoms with Gasteiger partial charge in [-0.1, -0.05) is 12.1 Å². The van der Waals surface area contributed by atoms with Crippen molar-refractivity contribution in [3.8, 4) is 0 Å². The molecule has 3 N–H and O–H groups in total. The lowest BCUT2D eigenvalue weighted by atomic mass is 10.1. The van der Waals surface area contributed by atoms with Gasteiger partial charge in [0.05, 0.1) is 53.6 Å². The molecule has 2 saturated heterocycles. The molecule has 0 radical (unpaired) electrons. The number of methoxy groups -OCH3 is 1. The van der Waals surface area contributed by atoms with Crippen molar-refractivity contribution in [1.82, 2.24) is 14.9 Å². The number of nitro groups is 1. The molecule has 14 nitrogen and oxygen atoms in total. The first-order chi connectivity index (χ1) is 20.7. The van der Waals surface area contributed by atoms with Crippen LogP contribution in [0.25, 0.3) is 0 Å². The zero-order valence-electron chi connectivity index (χ0n) is 24.5. The van der Waals surface area contributed by atoms with Gasteiger partial charge in [0.15, 0.2) is 0 Å². The molecule has 2 aliphatic heterocycles. The number of hydrogen-bond acceptors (Lipinski definition) is 12. The number of aryl methyl sites for hydroxylation is 1. The molecule has 2 heterocycles. The molecular weight excluding hydrogens is 580 g/mol. The van der Waals surface area contributed by atoms with Gasteiger partial charge in [-0.25, -0.2) is 13.1 Å². The Bertz CT molecular complexity index is 1370. The number of amides is 1. The van der Waals surface area contributed by atoms with Gasteiger partial charge in [0.1, 0.15) is 5.69 Å². The van der Waals surface area contributed by atoms with Crippen molar-refractivity contribution >= 4 is 33.0 Å². The quantitative estimate of drug-likeness (QED) is 0.157. The smallest absolute Gasteiger partial charge is 0.293 e. The maximum absolute atomic E-state index is 13.2. The molecule has 2 fully saturated rings. The van der Waals surface area contributed by atoms with Crippen LogP contribution in [0, 0.1) is 17.0 Å². The molecular formula is C28H40N6O8S. The average Bonchev–Trinajstić information content (AvgIpc) is 3.00. The van der Waals surface area contributed by atoms with Crippen LogP contribution in [-0.4, -0.2) is 116 Å². The Balaban J connectivity index is 1.41. The Kier molecular flexibility index (Phi) is 11.7. The summed E-state index contributed by atoms with van der Waals surface area (Å²) in [5.74, 6) is -0.801. The van der Waals surface area contributed by atoms with Crippen LogP contribution in [-0.2, 0) is 24.2 Å².